The van der Waals surface area contributed by atoms with Gasteiger partial charge in [-0.25, -0.2) is 10.2 Å². The number of aromatic carboxylic acids is 1. The topological polar surface area (TPSA) is 110 Å². The van der Waals surface area contributed by atoms with E-state index in [4.69, 9.17) is 25.5 Å². The van der Waals surface area contributed by atoms with Crippen molar-refractivity contribution >= 4 is 29.7 Å². The molecule has 0 aliphatic carbocycles. The number of methoxy groups -OCH3 is 2. The van der Waals surface area contributed by atoms with Crippen molar-refractivity contribution in [3.05, 3.63) is 70.4 Å². The molecule has 2 aromatic carbocycles. The fourth-order valence-electron chi connectivity index (χ4n) is 2.58. The summed E-state index contributed by atoms with van der Waals surface area (Å²) in [6.07, 6.45) is 1.33. The summed E-state index contributed by atoms with van der Waals surface area (Å²) in [6.45, 7) is 0. The number of halogens is 1. The molecule has 0 aliphatic rings. The lowest BCUT2D eigenvalue weighted by molar-refractivity contribution is 0.0697. The first-order valence-electron chi connectivity index (χ1n) is 8.61. The Labute approximate surface area is 176 Å². The molecule has 2 N–H and O–H groups in total. The number of carbonyl (C=O) groups excluding carboxylic acids is 1. The van der Waals surface area contributed by atoms with Gasteiger partial charge in [-0.3, -0.25) is 4.79 Å². The fourth-order valence-corrected chi connectivity index (χ4v) is 2.78. The molecule has 9 heteroatoms. The van der Waals surface area contributed by atoms with Crippen molar-refractivity contribution in [2.45, 2.75) is 0 Å². The number of hydrogen-bond donors (Lipinski definition) is 2. The fraction of sp³-hybridized carbons (Fsp3) is 0.0952. The zero-order chi connectivity index (χ0) is 21.7. The Morgan fingerprint density at radius 2 is 1.77 bits per heavy atom. The molecule has 0 radical (unpaired) electrons. The van der Waals surface area contributed by atoms with Crippen molar-refractivity contribution in [3.63, 3.8) is 0 Å². The number of amides is 1. The molecule has 30 heavy (non-hydrogen) atoms. The van der Waals surface area contributed by atoms with E-state index in [0.717, 1.165) is 0 Å². The summed E-state index contributed by atoms with van der Waals surface area (Å²) in [6, 6.07) is 12.6. The highest BCUT2D eigenvalue weighted by molar-refractivity contribution is 6.33. The Bertz CT molecular complexity index is 1100. The molecule has 0 atom stereocenters. The molecule has 1 heterocycles. The van der Waals surface area contributed by atoms with Gasteiger partial charge in [-0.2, -0.15) is 5.10 Å². The molecule has 154 valence electrons. The van der Waals surface area contributed by atoms with Gasteiger partial charge in [-0.1, -0.05) is 11.6 Å². The van der Waals surface area contributed by atoms with Crippen LogP contribution in [0.2, 0.25) is 5.02 Å². The molecule has 0 saturated heterocycles. The van der Waals surface area contributed by atoms with Gasteiger partial charge in [-0.15, -0.1) is 0 Å². The van der Waals surface area contributed by atoms with Crippen LogP contribution in [0.3, 0.4) is 0 Å². The monoisotopic (exact) mass is 428 g/mol. The normalized spacial score (nSPS) is 10.8. The van der Waals surface area contributed by atoms with Crippen LogP contribution in [-0.2, 0) is 0 Å². The predicted octanol–water partition coefficient (Wildman–Crippen LogP) is 4.08. The molecule has 0 bridgehead atoms. The Hall–Kier alpha value is -3.78. The number of nitrogens with one attached hydrogen (secondary N) is 1. The molecule has 1 aromatic heterocycles. The first-order chi connectivity index (χ1) is 14.4. The highest BCUT2D eigenvalue weighted by Gasteiger charge is 2.12. The van der Waals surface area contributed by atoms with Crippen LogP contribution < -0.4 is 14.9 Å². The second kappa shape index (κ2) is 9.15. The van der Waals surface area contributed by atoms with Gasteiger partial charge in [0.2, 0.25) is 0 Å². The van der Waals surface area contributed by atoms with Crippen LogP contribution in [0, 0.1) is 0 Å². The van der Waals surface area contributed by atoms with Gasteiger partial charge in [0.15, 0.2) is 0 Å². The maximum atomic E-state index is 12.3. The Balaban J connectivity index is 1.71. The Morgan fingerprint density at radius 3 is 2.40 bits per heavy atom. The van der Waals surface area contributed by atoms with E-state index < -0.39 is 11.9 Å². The minimum Gasteiger partial charge on any atom is -0.497 e. The van der Waals surface area contributed by atoms with Gasteiger partial charge in [0.25, 0.3) is 5.91 Å². The minimum absolute atomic E-state index is 0.0261. The highest BCUT2D eigenvalue weighted by atomic mass is 35.5. The van der Waals surface area contributed by atoms with Gasteiger partial charge in [0.05, 0.1) is 31.0 Å². The predicted molar refractivity (Wildman–Crippen MR) is 111 cm³/mol. The summed E-state index contributed by atoms with van der Waals surface area (Å²) in [4.78, 5) is 23.5. The van der Waals surface area contributed by atoms with E-state index in [1.54, 1.807) is 36.4 Å². The maximum Gasteiger partial charge on any atom is 0.337 e. The van der Waals surface area contributed by atoms with E-state index >= 15 is 0 Å². The number of carboxylic acids is 1. The Morgan fingerprint density at radius 1 is 1.07 bits per heavy atom. The summed E-state index contributed by atoms with van der Waals surface area (Å²) in [5, 5.41) is 13.2. The van der Waals surface area contributed by atoms with Gasteiger partial charge in [0, 0.05) is 17.2 Å². The summed E-state index contributed by atoms with van der Waals surface area (Å²) >= 11 is 5.88. The number of hydrazone groups is 1. The third-order valence-corrected chi connectivity index (χ3v) is 4.41. The first kappa shape index (κ1) is 20.9. The molecule has 0 unspecified atom stereocenters. The van der Waals surface area contributed by atoms with Crippen molar-refractivity contribution in [1.82, 2.24) is 5.43 Å². The van der Waals surface area contributed by atoms with Crippen LogP contribution in [-0.4, -0.2) is 37.4 Å². The molecular formula is C21H17ClN2O6. The molecule has 0 fully saturated rings. The van der Waals surface area contributed by atoms with Gasteiger partial charge in [-0.05, 0) is 42.5 Å². The molecule has 1 amide bonds. The van der Waals surface area contributed by atoms with E-state index in [2.05, 4.69) is 10.5 Å². The smallest absolute Gasteiger partial charge is 0.337 e. The van der Waals surface area contributed by atoms with Crippen LogP contribution in [0.4, 0.5) is 0 Å². The second-order valence-corrected chi connectivity index (χ2v) is 6.41. The Kier molecular flexibility index (Phi) is 6.38. The third-order valence-electron chi connectivity index (χ3n) is 4.08. The van der Waals surface area contributed by atoms with E-state index in [9.17, 15) is 14.7 Å². The highest BCUT2D eigenvalue weighted by Crippen LogP contribution is 2.27. The lowest BCUT2D eigenvalue weighted by Gasteiger charge is -2.07. The van der Waals surface area contributed by atoms with Crippen molar-refractivity contribution < 1.29 is 28.6 Å². The molecule has 8 nitrogen and oxygen atoms in total. The lowest BCUT2D eigenvalue weighted by atomic mass is 10.1. The quantitative estimate of drug-likeness (QED) is 0.433. The number of carbonyl (C=O) groups is 2. The molecule has 0 spiro atoms. The SMILES string of the molecule is COc1cc(OC)cc(C(=O)NN=Cc2ccc(-c3ccc(Cl)c(C(=O)O)c3)o2)c1. The van der Waals surface area contributed by atoms with E-state index in [1.807, 2.05) is 0 Å². The second-order valence-electron chi connectivity index (χ2n) is 6.00. The standard InChI is InChI=1S/C21H17ClN2O6/c1-28-15-7-13(8-16(10-15)29-2)20(25)24-23-11-14-4-6-19(30-14)12-3-5-18(22)17(9-12)21(26)27/h3-11H,1-2H3,(H,24,25)(H,26,27). The third kappa shape index (κ3) is 4.79. The zero-order valence-corrected chi connectivity index (χ0v) is 16.8. The number of rotatable bonds is 7. The minimum atomic E-state index is -1.13. The van der Waals surface area contributed by atoms with E-state index in [-0.39, 0.29) is 10.6 Å². The van der Waals surface area contributed by atoms with Crippen LogP contribution in [0.5, 0.6) is 11.5 Å². The van der Waals surface area contributed by atoms with Crippen LogP contribution in [0.25, 0.3) is 11.3 Å². The average Bonchev–Trinajstić information content (AvgIpc) is 3.22. The molecular weight excluding hydrogens is 412 g/mol. The summed E-state index contributed by atoms with van der Waals surface area (Å²) in [7, 11) is 2.98. The first-order valence-corrected chi connectivity index (χ1v) is 8.98. The molecule has 3 rings (SSSR count). The van der Waals surface area contributed by atoms with E-state index in [1.165, 1.54) is 32.6 Å². The van der Waals surface area contributed by atoms with Crippen LogP contribution in [0.15, 0.2) is 58.0 Å². The van der Waals surface area contributed by atoms with Gasteiger partial charge in [0.1, 0.15) is 23.0 Å². The van der Waals surface area contributed by atoms with Crippen molar-refractivity contribution in [2.24, 2.45) is 5.10 Å². The molecule has 0 saturated carbocycles. The average molecular weight is 429 g/mol. The lowest BCUT2D eigenvalue weighted by Crippen LogP contribution is -2.17. The van der Waals surface area contributed by atoms with E-state index in [0.29, 0.717) is 34.1 Å². The molecule has 0 aliphatic heterocycles. The largest absolute Gasteiger partial charge is 0.497 e. The van der Waals surface area contributed by atoms with Crippen LogP contribution >= 0.6 is 11.6 Å². The summed E-state index contributed by atoms with van der Waals surface area (Å²) in [5.74, 6) is 0.150. The van der Waals surface area contributed by atoms with Gasteiger partial charge < -0.3 is 19.0 Å². The number of carboxylic acid groups (broad SMARTS) is 1. The zero-order valence-electron chi connectivity index (χ0n) is 16.0. The maximum absolute atomic E-state index is 12.3. The summed E-state index contributed by atoms with van der Waals surface area (Å²) in [5.41, 5.74) is 3.22. The number of furan rings is 1. The molecule has 3 aromatic rings. The number of ether oxygens (including phenoxy) is 2. The van der Waals surface area contributed by atoms with Crippen molar-refractivity contribution in [1.29, 1.82) is 0 Å². The van der Waals surface area contributed by atoms with Crippen LogP contribution in [0.1, 0.15) is 26.5 Å². The van der Waals surface area contributed by atoms with Crippen molar-refractivity contribution in [2.75, 3.05) is 14.2 Å². The van der Waals surface area contributed by atoms with Gasteiger partial charge >= 0.3 is 5.97 Å². The number of nitrogens with zero attached hydrogens (tertiary/aromatic N) is 1. The summed E-state index contributed by atoms with van der Waals surface area (Å²) < 4.78 is 15.9. The van der Waals surface area contributed by atoms with Crippen molar-refractivity contribution in [3.8, 4) is 22.8 Å². The number of benzene rings is 2. The number of hydrogen-bond acceptors (Lipinski definition) is 6.